The molecule has 3 rings (SSSR count). The molecule has 3 aromatic carbocycles. The molecule has 0 aliphatic carbocycles. The SMILES string of the molecule is CC(=O)c1cccc(NC(=O)COC(=O)C(NS(=O)(=O)c2ccc3ccccc3c2)C(C)O)c1. The number of aliphatic hydroxyl groups excluding tert-OH is 1. The molecule has 1 amide bonds. The minimum absolute atomic E-state index is 0.0900. The van der Waals surface area contributed by atoms with Gasteiger partial charge in [-0.1, -0.05) is 42.5 Å². The van der Waals surface area contributed by atoms with Crippen molar-refractivity contribution in [3.8, 4) is 0 Å². The van der Waals surface area contributed by atoms with Crippen LogP contribution in [0.3, 0.4) is 0 Å². The maximum absolute atomic E-state index is 12.8. The number of carbonyl (C=O) groups is 3. The van der Waals surface area contributed by atoms with Gasteiger partial charge < -0.3 is 15.2 Å². The first-order chi connectivity index (χ1) is 16.1. The molecule has 2 unspecified atom stereocenters. The topological polar surface area (TPSA) is 139 Å². The van der Waals surface area contributed by atoms with E-state index in [0.717, 1.165) is 5.39 Å². The molecule has 178 valence electrons. The molecule has 10 heteroatoms. The molecule has 0 saturated carbocycles. The van der Waals surface area contributed by atoms with E-state index >= 15 is 0 Å². The fourth-order valence-corrected chi connectivity index (χ4v) is 4.45. The average molecular weight is 485 g/mol. The van der Waals surface area contributed by atoms with E-state index in [0.29, 0.717) is 16.6 Å². The lowest BCUT2D eigenvalue weighted by Crippen LogP contribution is -2.48. The molecule has 0 radical (unpaired) electrons. The molecule has 0 spiro atoms. The maximum atomic E-state index is 12.8. The first-order valence-corrected chi connectivity index (χ1v) is 11.8. The quantitative estimate of drug-likeness (QED) is 0.313. The molecule has 3 aromatic rings. The summed E-state index contributed by atoms with van der Waals surface area (Å²) in [7, 11) is -4.18. The van der Waals surface area contributed by atoms with E-state index in [9.17, 15) is 27.9 Å². The Hall–Kier alpha value is -3.60. The molecular weight excluding hydrogens is 460 g/mol. The summed E-state index contributed by atoms with van der Waals surface area (Å²) in [4.78, 5) is 36.0. The van der Waals surface area contributed by atoms with Gasteiger partial charge in [0.15, 0.2) is 12.4 Å². The zero-order valence-corrected chi connectivity index (χ0v) is 19.3. The number of anilines is 1. The van der Waals surface area contributed by atoms with Gasteiger partial charge in [-0.15, -0.1) is 0 Å². The Kier molecular flexibility index (Phi) is 7.77. The number of sulfonamides is 1. The lowest BCUT2D eigenvalue weighted by Gasteiger charge is -2.20. The molecule has 2 atom stereocenters. The van der Waals surface area contributed by atoms with E-state index in [1.54, 1.807) is 36.4 Å². The summed E-state index contributed by atoms with van der Waals surface area (Å²) in [5.41, 5.74) is 0.727. The van der Waals surface area contributed by atoms with Crippen LogP contribution >= 0.6 is 0 Å². The lowest BCUT2D eigenvalue weighted by molar-refractivity contribution is -0.151. The van der Waals surface area contributed by atoms with Crippen molar-refractivity contribution in [1.29, 1.82) is 0 Å². The van der Waals surface area contributed by atoms with Crippen LogP contribution in [-0.2, 0) is 24.3 Å². The third kappa shape index (κ3) is 6.25. The van der Waals surface area contributed by atoms with Gasteiger partial charge in [-0.05, 0) is 48.9 Å². The Labute approximate surface area is 196 Å². The van der Waals surface area contributed by atoms with Crippen LogP contribution < -0.4 is 10.0 Å². The molecule has 0 fully saturated rings. The second-order valence-corrected chi connectivity index (χ2v) is 9.36. The predicted molar refractivity (Wildman–Crippen MR) is 126 cm³/mol. The third-order valence-corrected chi connectivity index (χ3v) is 6.39. The molecule has 0 heterocycles. The standard InChI is InChI=1S/C24H24N2O7S/c1-15(27)18-8-5-9-20(12-18)25-22(29)14-33-24(30)23(16(2)28)26-34(31,32)21-11-10-17-6-3-4-7-19(17)13-21/h3-13,16,23,26,28H,14H2,1-2H3,(H,25,29). The number of ketones is 1. The smallest absolute Gasteiger partial charge is 0.327 e. The zero-order chi connectivity index (χ0) is 24.9. The number of benzene rings is 3. The third-order valence-electron chi connectivity index (χ3n) is 4.95. The van der Waals surface area contributed by atoms with Crippen LogP contribution in [0.1, 0.15) is 24.2 Å². The van der Waals surface area contributed by atoms with E-state index in [1.165, 1.54) is 32.0 Å². The van der Waals surface area contributed by atoms with E-state index in [-0.39, 0.29) is 10.7 Å². The summed E-state index contributed by atoms with van der Waals surface area (Å²) in [6, 6.07) is 16.2. The number of hydrogen-bond acceptors (Lipinski definition) is 7. The number of carbonyl (C=O) groups excluding carboxylic acids is 3. The van der Waals surface area contributed by atoms with Gasteiger partial charge in [-0.2, -0.15) is 4.72 Å². The van der Waals surface area contributed by atoms with Crippen LogP contribution in [-0.4, -0.2) is 49.9 Å². The largest absolute Gasteiger partial charge is 0.454 e. The summed E-state index contributed by atoms with van der Waals surface area (Å²) in [5, 5.41) is 14.0. The zero-order valence-electron chi connectivity index (χ0n) is 18.5. The molecule has 0 bridgehead atoms. The summed E-state index contributed by atoms with van der Waals surface area (Å²) < 4.78 is 32.7. The van der Waals surface area contributed by atoms with Crippen molar-refractivity contribution < 1.29 is 32.6 Å². The number of Topliss-reactive ketones (excluding diaryl/α,β-unsaturated/α-hetero) is 1. The van der Waals surface area contributed by atoms with Gasteiger partial charge in [-0.3, -0.25) is 14.4 Å². The van der Waals surface area contributed by atoms with Crippen molar-refractivity contribution in [2.45, 2.75) is 30.9 Å². The van der Waals surface area contributed by atoms with Crippen LogP contribution in [0.4, 0.5) is 5.69 Å². The van der Waals surface area contributed by atoms with Gasteiger partial charge in [0.25, 0.3) is 5.91 Å². The Balaban J connectivity index is 1.66. The summed E-state index contributed by atoms with van der Waals surface area (Å²) >= 11 is 0. The van der Waals surface area contributed by atoms with E-state index in [2.05, 4.69) is 10.0 Å². The number of nitrogens with one attached hydrogen (secondary N) is 2. The highest BCUT2D eigenvalue weighted by Crippen LogP contribution is 2.19. The Morgan fingerprint density at radius 2 is 1.68 bits per heavy atom. The molecule has 0 saturated heterocycles. The number of fused-ring (bicyclic) bond motifs is 1. The second kappa shape index (κ2) is 10.6. The Morgan fingerprint density at radius 1 is 0.971 bits per heavy atom. The number of amides is 1. The van der Waals surface area contributed by atoms with Crippen LogP contribution in [0.5, 0.6) is 0 Å². The van der Waals surface area contributed by atoms with Crippen LogP contribution in [0.2, 0.25) is 0 Å². The highest BCUT2D eigenvalue weighted by atomic mass is 32.2. The van der Waals surface area contributed by atoms with Crippen LogP contribution in [0, 0.1) is 0 Å². The molecule has 0 aromatic heterocycles. The fraction of sp³-hybridized carbons (Fsp3) is 0.208. The highest BCUT2D eigenvalue weighted by Gasteiger charge is 2.31. The van der Waals surface area contributed by atoms with Crippen molar-refractivity contribution in [2.75, 3.05) is 11.9 Å². The number of esters is 1. The van der Waals surface area contributed by atoms with E-state index in [4.69, 9.17) is 4.74 Å². The number of rotatable bonds is 9. The lowest BCUT2D eigenvalue weighted by atomic mass is 10.1. The maximum Gasteiger partial charge on any atom is 0.327 e. The minimum atomic E-state index is -4.18. The fourth-order valence-electron chi connectivity index (χ4n) is 3.15. The van der Waals surface area contributed by atoms with Crippen molar-refractivity contribution >= 4 is 44.1 Å². The number of ether oxygens (including phenoxy) is 1. The Bertz CT molecular complexity index is 1340. The molecule has 34 heavy (non-hydrogen) atoms. The summed E-state index contributed by atoms with van der Waals surface area (Å²) in [6.07, 6.45) is -1.43. The predicted octanol–water partition coefficient (Wildman–Crippen LogP) is 2.25. The number of aliphatic hydroxyl groups is 1. The van der Waals surface area contributed by atoms with Gasteiger partial charge in [-0.25, -0.2) is 8.42 Å². The monoisotopic (exact) mass is 484 g/mol. The van der Waals surface area contributed by atoms with Gasteiger partial charge in [0.05, 0.1) is 11.0 Å². The summed E-state index contributed by atoms with van der Waals surface area (Å²) in [6.45, 7) is 1.89. The normalized spacial score (nSPS) is 13.1. The van der Waals surface area contributed by atoms with Gasteiger partial charge in [0, 0.05) is 11.3 Å². The summed E-state index contributed by atoms with van der Waals surface area (Å²) in [5.74, 6) is -2.00. The second-order valence-electron chi connectivity index (χ2n) is 7.64. The van der Waals surface area contributed by atoms with Crippen LogP contribution in [0.15, 0.2) is 71.6 Å². The van der Waals surface area contributed by atoms with Crippen molar-refractivity contribution in [3.63, 3.8) is 0 Å². The van der Waals surface area contributed by atoms with Crippen molar-refractivity contribution in [1.82, 2.24) is 4.72 Å². The van der Waals surface area contributed by atoms with Crippen molar-refractivity contribution in [3.05, 3.63) is 72.3 Å². The highest BCUT2D eigenvalue weighted by molar-refractivity contribution is 7.89. The van der Waals surface area contributed by atoms with Gasteiger partial charge in [0.2, 0.25) is 10.0 Å². The minimum Gasteiger partial charge on any atom is -0.454 e. The van der Waals surface area contributed by atoms with E-state index < -0.39 is 40.7 Å². The number of hydrogen-bond donors (Lipinski definition) is 3. The molecule has 0 aliphatic rings. The Morgan fingerprint density at radius 3 is 2.35 bits per heavy atom. The molecule has 9 nitrogen and oxygen atoms in total. The molecule has 3 N–H and O–H groups in total. The first-order valence-electron chi connectivity index (χ1n) is 10.3. The van der Waals surface area contributed by atoms with Gasteiger partial charge >= 0.3 is 5.97 Å². The van der Waals surface area contributed by atoms with E-state index in [1.807, 2.05) is 12.1 Å². The molecule has 0 aliphatic heterocycles. The van der Waals surface area contributed by atoms with Crippen LogP contribution in [0.25, 0.3) is 10.8 Å². The average Bonchev–Trinajstić information content (AvgIpc) is 2.80. The molecular formula is C24H24N2O7S. The first kappa shape index (κ1) is 25.0. The van der Waals surface area contributed by atoms with Gasteiger partial charge in [0.1, 0.15) is 6.04 Å². The van der Waals surface area contributed by atoms with Crippen molar-refractivity contribution in [2.24, 2.45) is 0 Å².